The summed E-state index contributed by atoms with van der Waals surface area (Å²) >= 11 is 0. The lowest BCUT2D eigenvalue weighted by Crippen LogP contribution is -2.46. The van der Waals surface area contributed by atoms with E-state index in [0.717, 1.165) is 55.2 Å². The van der Waals surface area contributed by atoms with Crippen molar-refractivity contribution < 1.29 is 9.53 Å². The van der Waals surface area contributed by atoms with Gasteiger partial charge < -0.3 is 20.3 Å². The van der Waals surface area contributed by atoms with E-state index in [2.05, 4.69) is 41.6 Å². The van der Waals surface area contributed by atoms with Gasteiger partial charge in [-0.05, 0) is 44.2 Å². The van der Waals surface area contributed by atoms with Gasteiger partial charge in [-0.3, -0.25) is 9.79 Å². The average molecular weight is 514 g/mol. The number of aryl methyl sites for hydroxylation is 2. The number of benzene rings is 1. The smallest absolute Gasteiger partial charge is 0.225 e. The van der Waals surface area contributed by atoms with Gasteiger partial charge in [-0.15, -0.1) is 24.0 Å². The molecule has 6 nitrogen and oxygen atoms in total. The maximum Gasteiger partial charge on any atom is 0.225 e. The van der Waals surface area contributed by atoms with Crippen LogP contribution in [-0.2, 0) is 4.79 Å². The minimum Gasteiger partial charge on any atom is -0.491 e. The summed E-state index contributed by atoms with van der Waals surface area (Å²) in [4.78, 5) is 18.9. The second-order valence-electron chi connectivity index (χ2n) is 7.96. The molecule has 162 valence electrons. The molecule has 1 saturated heterocycles. The fraction of sp³-hybridized carbons (Fsp3) is 0.636. The third-order valence-electron chi connectivity index (χ3n) is 5.82. The lowest BCUT2D eigenvalue weighted by atomic mass is 10.1. The van der Waals surface area contributed by atoms with Crippen molar-refractivity contribution in [3.8, 4) is 5.75 Å². The van der Waals surface area contributed by atoms with Crippen molar-refractivity contribution in [3.63, 3.8) is 0 Å². The Morgan fingerprint density at radius 1 is 1.21 bits per heavy atom. The first-order valence-corrected chi connectivity index (χ1v) is 10.5. The Labute approximate surface area is 191 Å². The lowest BCUT2D eigenvalue weighted by molar-refractivity contribution is -0.134. The number of carbonyl (C=O) groups is 1. The van der Waals surface area contributed by atoms with Crippen molar-refractivity contribution in [1.29, 1.82) is 0 Å². The van der Waals surface area contributed by atoms with Crippen LogP contribution < -0.4 is 15.4 Å². The van der Waals surface area contributed by atoms with Crippen LogP contribution in [0.5, 0.6) is 5.75 Å². The molecule has 1 aliphatic heterocycles. The van der Waals surface area contributed by atoms with Gasteiger partial charge >= 0.3 is 0 Å². The van der Waals surface area contributed by atoms with Crippen LogP contribution in [0.25, 0.3) is 0 Å². The molecule has 1 amide bonds. The van der Waals surface area contributed by atoms with E-state index in [-0.39, 0.29) is 35.9 Å². The molecule has 1 heterocycles. The Hall–Kier alpha value is -1.51. The summed E-state index contributed by atoms with van der Waals surface area (Å²) in [7, 11) is 1.78. The summed E-state index contributed by atoms with van der Waals surface area (Å²) in [5.41, 5.74) is 2.31. The molecule has 1 saturated carbocycles. The van der Waals surface area contributed by atoms with E-state index in [0.29, 0.717) is 19.1 Å². The molecule has 0 spiro atoms. The molecule has 1 unspecified atom stereocenters. The van der Waals surface area contributed by atoms with Crippen LogP contribution in [0.4, 0.5) is 0 Å². The molecule has 7 heteroatoms. The summed E-state index contributed by atoms with van der Waals surface area (Å²) < 4.78 is 5.94. The van der Waals surface area contributed by atoms with Crippen LogP contribution in [0.2, 0.25) is 0 Å². The predicted molar refractivity (Wildman–Crippen MR) is 128 cm³/mol. The molecule has 3 rings (SSSR count). The first kappa shape index (κ1) is 23.8. The summed E-state index contributed by atoms with van der Waals surface area (Å²) in [6.07, 6.45) is 5.51. The highest BCUT2D eigenvalue weighted by molar-refractivity contribution is 14.0. The topological polar surface area (TPSA) is 66.0 Å². The highest BCUT2D eigenvalue weighted by Gasteiger charge is 2.32. The normalized spacial score (nSPS) is 19.8. The zero-order valence-corrected chi connectivity index (χ0v) is 20.2. The van der Waals surface area contributed by atoms with E-state index in [1.54, 1.807) is 7.05 Å². The monoisotopic (exact) mass is 514 g/mol. The SMILES string of the molecule is CN=C(NCCOc1c(C)cccc1C)NC1CCN(C(=O)C2CCCC2)C1.I. The number of aliphatic imine (C=N–C) groups is 1. The van der Waals surface area contributed by atoms with E-state index >= 15 is 0 Å². The number of nitrogens with zero attached hydrogens (tertiary/aromatic N) is 2. The largest absolute Gasteiger partial charge is 0.491 e. The predicted octanol–water partition coefficient (Wildman–Crippen LogP) is 3.26. The molecule has 1 aromatic carbocycles. The number of likely N-dealkylation sites (tertiary alicyclic amines) is 1. The molecule has 0 bridgehead atoms. The van der Waals surface area contributed by atoms with Crippen molar-refractivity contribution in [3.05, 3.63) is 29.3 Å². The van der Waals surface area contributed by atoms with Gasteiger partial charge in [0.05, 0.1) is 6.54 Å². The number of halogens is 1. The number of hydrogen-bond donors (Lipinski definition) is 2. The van der Waals surface area contributed by atoms with Gasteiger partial charge in [0.25, 0.3) is 0 Å². The van der Waals surface area contributed by atoms with Crippen molar-refractivity contribution in [2.75, 3.05) is 33.3 Å². The van der Waals surface area contributed by atoms with E-state index < -0.39 is 0 Å². The van der Waals surface area contributed by atoms with Crippen LogP contribution in [0, 0.1) is 19.8 Å². The Kier molecular flexibility index (Phi) is 9.52. The van der Waals surface area contributed by atoms with Gasteiger partial charge in [0.2, 0.25) is 5.91 Å². The second kappa shape index (κ2) is 11.6. The van der Waals surface area contributed by atoms with Gasteiger partial charge in [0.1, 0.15) is 12.4 Å². The zero-order valence-electron chi connectivity index (χ0n) is 17.9. The fourth-order valence-electron chi connectivity index (χ4n) is 4.25. The maximum atomic E-state index is 12.6. The van der Waals surface area contributed by atoms with Gasteiger partial charge in [-0.2, -0.15) is 0 Å². The first-order chi connectivity index (χ1) is 13.6. The van der Waals surface area contributed by atoms with Crippen molar-refractivity contribution in [2.24, 2.45) is 10.9 Å². The number of carbonyl (C=O) groups excluding carboxylic acids is 1. The summed E-state index contributed by atoms with van der Waals surface area (Å²) in [5, 5.41) is 6.77. The van der Waals surface area contributed by atoms with E-state index in [4.69, 9.17) is 4.74 Å². The third-order valence-corrected chi connectivity index (χ3v) is 5.82. The molecule has 0 aromatic heterocycles. The van der Waals surface area contributed by atoms with Gasteiger partial charge in [-0.25, -0.2) is 0 Å². The number of guanidine groups is 1. The maximum absolute atomic E-state index is 12.6. The minimum atomic E-state index is 0. The molecule has 2 aliphatic rings. The van der Waals surface area contributed by atoms with Crippen LogP contribution in [-0.4, -0.2) is 56.1 Å². The zero-order chi connectivity index (χ0) is 19.9. The minimum absolute atomic E-state index is 0. The number of nitrogens with one attached hydrogen (secondary N) is 2. The number of ether oxygens (including phenoxy) is 1. The fourth-order valence-corrected chi connectivity index (χ4v) is 4.25. The molecule has 1 atom stereocenters. The number of hydrogen-bond acceptors (Lipinski definition) is 3. The molecule has 2 fully saturated rings. The number of rotatable bonds is 6. The van der Waals surface area contributed by atoms with Crippen molar-refractivity contribution in [2.45, 2.75) is 52.0 Å². The molecular weight excluding hydrogens is 479 g/mol. The number of para-hydroxylation sites is 1. The second-order valence-corrected chi connectivity index (χ2v) is 7.96. The van der Waals surface area contributed by atoms with Gasteiger partial charge in [0, 0.05) is 32.1 Å². The quantitative estimate of drug-likeness (QED) is 0.265. The van der Waals surface area contributed by atoms with Gasteiger partial charge in [-0.1, -0.05) is 31.0 Å². The van der Waals surface area contributed by atoms with E-state index in [1.165, 1.54) is 12.8 Å². The molecular formula is C22H35IN4O2. The molecule has 2 N–H and O–H groups in total. The van der Waals surface area contributed by atoms with Crippen LogP contribution in [0.1, 0.15) is 43.2 Å². The van der Waals surface area contributed by atoms with Crippen molar-refractivity contribution >= 4 is 35.8 Å². The van der Waals surface area contributed by atoms with Crippen LogP contribution >= 0.6 is 24.0 Å². The molecule has 1 aromatic rings. The molecule has 0 radical (unpaired) electrons. The number of amides is 1. The summed E-state index contributed by atoms with van der Waals surface area (Å²) in [6, 6.07) is 6.43. The highest BCUT2D eigenvalue weighted by Crippen LogP contribution is 2.27. The Bertz CT molecular complexity index is 684. The van der Waals surface area contributed by atoms with E-state index in [1.807, 2.05) is 11.0 Å². The standard InChI is InChI=1S/C22H34N4O2.HI/c1-16-7-6-8-17(2)20(16)28-14-12-24-22(23-3)25-19-11-13-26(15-19)21(27)18-9-4-5-10-18;/h6-8,18-19H,4-5,9-15H2,1-3H3,(H2,23,24,25);1H. The Morgan fingerprint density at radius 2 is 1.90 bits per heavy atom. The Morgan fingerprint density at radius 3 is 2.55 bits per heavy atom. The first-order valence-electron chi connectivity index (χ1n) is 10.5. The molecule has 1 aliphatic carbocycles. The van der Waals surface area contributed by atoms with Crippen molar-refractivity contribution in [1.82, 2.24) is 15.5 Å². The lowest BCUT2D eigenvalue weighted by Gasteiger charge is -2.21. The highest BCUT2D eigenvalue weighted by atomic mass is 127. The van der Waals surface area contributed by atoms with Gasteiger partial charge in [0.15, 0.2) is 5.96 Å². The van der Waals surface area contributed by atoms with E-state index in [9.17, 15) is 4.79 Å². The summed E-state index contributed by atoms with van der Waals surface area (Å²) in [6.45, 7) is 6.99. The Balaban J connectivity index is 0.00000300. The average Bonchev–Trinajstić information content (AvgIpc) is 3.37. The molecule has 29 heavy (non-hydrogen) atoms. The van der Waals surface area contributed by atoms with Crippen LogP contribution in [0.3, 0.4) is 0 Å². The third kappa shape index (κ3) is 6.49. The van der Waals surface area contributed by atoms with Crippen LogP contribution in [0.15, 0.2) is 23.2 Å². The summed E-state index contributed by atoms with van der Waals surface area (Å²) in [5.74, 6) is 2.35.